The van der Waals surface area contributed by atoms with E-state index >= 15 is 0 Å². The second kappa shape index (κ2) is 7.42. The summed E-state index contributed by atoms with van der Waals surface area (Å²) in [4.78, 5) is 36.4. The second-order valence-electron chi connectivity index (χ2n) is 6.45. The van der Waals surface area contributed by atoms with Crippen LogP contribution in [0, 0.1) is 5.41 Å². The van der Waals surface area contributed by atoms with Gasteiger partial charge in [0.25, 0.3) is 0 Å². The Kier molecular flexibility index (Phi) is 6.14. The summed E-state index contributed by atoms with van der Waals surface area (Å²) in [6.07, 6.45) is 2.98. The van der Waals surface area contributed by atoms with Gasteiger partial charge in [0.1, 0.15) is 17.6 Å². The van der Waals surface area contributed by atoms with Crippen molar-refractivity contribution >= 4 is 17.8 Å². The number of hydrogen-bond donors (Lipinski definition) is 1. The van der Waals surface area contributed by atoms with Crippen molar-refractivity contribution in [1.82, 2.24) is 5.32 Å². The summed E-state index contributed by atoms with van der Waals surface area (Å²) >= 11 is 0. The van der Waals surface area contributed by atoms with E-state index in [1.54, 1.807) is 20.8 Å². The number of Topliss-reactive ketones (excluding diaryl/α,β-unsaturated/α-hetero) is 1. The number of hydrogen-bond acceptors (Lipinski definition) is 5. The van der Waals surface area contributed by atoms with Crippen molar-refractivity contribution in [1.29, 1.82) is 0 Å². The Morgan fingerprint density at radius 2 is 2.05 bits per heavy atom. The third-order valence-corrected chi connectivity index (χ3v) is 3.45. The fourth-order valence-electron chi connectivity index (χ4n) is 2.38. The number of rotatable bonds is 5. The normalized spacial score (nSPS) is 21.9. The number of amides is 1. The zero-order valence-corrected chi connectivity index (χ0v) is 13.6. The molecule has 0 aromatic carbocycles. The maximum absolute atomic E-state index is 12.3. The molecule has 1 aliphatic carbocycles. The summed E-state index contributed by atoms with van der Waals surface area (Å²) in [6.45, 7) is 8.65. The molecule has 1 atom stereocenters. The molecule has 1 unspecified atom stereocenters. The van der Waals surface area contributed by atoms with Gasteiger partial charge < -0.3 is 14.8 Å². The van der Waals surface area contributed by atoms with E-state index in [1.807, 2.05) is 0 Å². The lowest BCUT2D eigenvalue weighted by Crippen LogP contribution is -2.51. The smallest absolute Gasteiger partial charge is 0.407 e. The molecule has 6 nitrogen and oxygen atoms in total. The first-order valence-electron chi connectivity index (χ1n) is 7.49. The molecule has 124 valence electrons. The van der Waals surface area contributed by atoms with E-state index < -0.39 is 23.1 Å². The standard InChI is InChI=1S/C16H25NO5/c1-5-10-21-13(19)16(9-7-6-8-12(16)18)11-17-14(20)22-15(2,3)4/h5H,1,6-11H2,2-4H3,(H,17,20). The van der Waals surface area contributed by atoms with Gasteiger partial charge in [-0.25, -0.2) is 4.79 Å². The van der Waals surface area contributed by atoms with Gasteiger partial charge in [-0.1, -0.05) is 19.1 Å². The van der Waals surface area contributed by atoms with E-state index in [9.17, 15) is 14.4 Å². The molecule has 0 bridgehead atoms. The van der Waals surface area contributed by atoms with Gasteiger partial charge in [0, 0.05) is 13.0 Å². The van der Waals surface area contributed by atoms with Crippen LogP contribution in [-0.4, -0.2) is 36.6 Å². The average Bonchev–Trinajstić information content (AvgIpc) is 2.42. The Balaban J connectivity index is 2.78. The molecule has 1 aliphatic rings. The van der Waals surface area contributed by atoms with Gasteiger partial charge in [0.2, 0.25) is 0 Å². The van der Waals surface area contributed by atoms with E-state index in [-0.39, 0.29) is 18.9 Å². The quantitative estimate of drug-likeness (QED) is 0.479. The highest BCUT2D eigenvalue weighted by molar-refractivity contribution is 6.04. The second-order valence-corrected chi connectivity index (χ2v) is 6.45. The first kappa shape index (κ1) is 18.2. The van der Waals surface area contributed by atoms with Crippen LogP contribution in [0.15, 0.2) is 12.7 Å². The van der Waals surface area contributed by atoms with Crippen molar-refractivity contribution in [3.63, 3.8) is 0 Å². The summed E-state index contributed by atoms with van der Waals surface area (Å²) in [5, 5.41) is 2.53. The average molecular weight is 311 g/mol. The summed E-state index contributed by atoms with van der Waals surface area (Å²) < 4.78 is 10.2. The molecular formula is C16H25NO5. The summed E-state index contributed by atoms with van der Waals surface area (Å²) in [5.74, 6) is -0.794. The minimum atomic E-state index is -1.31. The van der Waals surface area contributed by atoms with E-state index in [1.165, 1.54) is 6.08 Å². The largest absolute Gasteiger partial charge is 0.461 e. The number of nitrogens with one attached hydrogen (secondary N) is 1. The molecule has 1 fully saturated rings. The van der Waals surface area contributed by atoms with Crippen molar-refractivity contribution in [2.75, 3.05) is 13.2 Å². The first-order chi connectivity index (χ1) is 10.2. The first-order valence-corrected chi connectivity index (χ1v) is 7.49. The van der Waals surface area contributed by atoms with Crippen molar-refractivity contribution in [3.8, 4) is 0 Å². The van der Waals surface area contributed by atoms with Gasteiger partial charge in [-0.15, -0.1) is 0 Å². The highest BCUT2D eigenvalue weighted by atomic mass is 16.6. The number of alkyl carbamates (subject to hydrolysis) is 1. The lowest BCUT2D eigenvalue weighted by Gasteiger charge is -2.33. The van der Waals surface area contributed by atoms with E-state index in [0.717, 1.165) is 12.8 Å². The molecular weight excluding hydrogens is 286 g/mol. The van der Waals surface area contributed by atoms with Gasteiger partial charge >= 0.3 is 12.1 Å². The third kappa shape index (κ3) is 4.86. The van der Waals surface area contributed by atoms with Crippen LogP contribution in [0.2, 0.25) is 0 Å². The molecule has 22 heavy (non-hydrogen) atoms. The van der Waals surface area contributed by atoms with Gasteiger partial charge in [-0.05, 0) is 33.6 Å². The van der Waals surface area contributed by atoms with Crippen LogP contribution >= 0.6 is 0 Å². The topological polar surface area (TPSA) is 81.7 Å². The minimum absolute atomic E-state index is 0.0420. The molecule has 0 radical (unpaired) electrons. The zero-order chi connectivity index (χ0) is 16.8. The van der Waals surface area contributed by atoms with Gasteiger partial charge in [-0.2, -0.15) is 0 Å². The van der Waals surface area contributed by atoms with Crippen molar-refractivity contribution in [3.05, 3.63) is 12.7 Å². The molecule has 6 heteroatoms. The lowest BCUT2D eigenvalue weighted by molar-refractivity contribution is -0.161. The SMILES string of the molecule is C=CCOC(=O)C1(CNC(=O)OC(C)(C)C)CCCCC1=O. The number of ketones is 1. The Labute approximate surface area is 131 Å². The summed E-state index contributed by atoms with van der Waals surface area (Å²) in [7, 11) is 0. The number of carbonyl (C=O) groups is 3. The highest BCUT2D eigenvalue weighted by Gasteiger charge is 2.48. The van der Waals surface area contributed by atoms with Crippen LogP contribution in [0.4, 0.5) is 4.79 Å². The predicted molar refractivity (Wildman–Crippen MR) is 81.3 cm³/mol. The van der Waals surface area contributed by atoms with Gasteiger partial charge in [-0.3, -0.25) is 9.59 Å². The van der Waals surface area contributed by atoms with Crippen LogP contribution in [0.1, 0.15) is 46.5 Å². The summed E-state index contributed by atoms with van der Waals surface area (Å²) in [6, 6.07) is 0. The molecule has 1 amide bonds. The van der Waals surface area contributed by atoms with Crippen LogP contribution < -0.4 is 5.32 Å². The molecule has 0 spiro atoms. The van der Waals surface area contributed by atoms with Crippen molar-refractivity contribution in [2.24, 2.45) is 5.41 Å². The Morgan fingerprint density at radius 3 is 2.59 bits per heavy atom. The number of carbonyl (C=O) groups excluding carboxylic acids is 3. The summed E-state index contributed by atoms with van der Waals surface area (Å²) in [5.41, 5.74) is -1.95. The minimum Gasteiger partial charge on any atom is -0.461 e. The highest BCUT2D eigenvalue weighted by Crippen LogP contribution is 2.34. The van der Waals surface area contributed by atoms with Crippen LogP contribution in [0.25, 0.3) is 0 Å². The van der Waals surface area contributed by atoms with Crippen molar-refractivity contribution < 1.29 is 23.9 Å². The molecule has 0 heterocycles. The fraction of sp³-hybridized carbons (Fsp3) is 0.688. The zero-order valence-electron chi connectivity index (χ0n) is 13.6. The Bertz CT molecular complexity index is 452. The predicted octanol–water partition coefficient (Wildman–Crippen LogP) is 2.37. The third-order valence-electron chi connectivity index (χ3n) is 3.45. The van der Waals surface area contributed by atoms with E-state index in [2.05, 4.69) is 11.9 Å². The fourth-order valence-corrected chi connectivity index (χ4v) is 2.38. The van der Waals surface area contributed by atoms with E-state index in [4.69, 9.17) is 9.47 Å². The molecule has 0 aromatic heterocycles. The van der Waals surface area contributed by atoms with E-state index in [0.29, 0.717) is 12.8 Å². The monoisotopic (exact) mass is 311 g/mol. The molecule has 1 saturated carbocycles. The van der Waals surface area contributed by atoms with Crippen LogP contribution in [0.3, 0.4) is 0 Å². The Morgan fingerprint density at radius 1 is 1.36 bits per heavy atom. The molecule has 0 aromatic rings. The maximum atomic E-state index is 12.3. The van der Waals surface area contributed by atoms with Gasteiger partial charge in [0.05, 0.1) is 0 Å². The maximum Gasteiger partial charge on any atom is 0.407 e. The molecule has 1 rings (SSSR count). The van der Waals surface area contributed by atoms with Crippen LogP contribution in [-0.2, 0) is 19.1 Å². The van der Waals surface area contributed by atoms with Crippen molar-refractivity contribution in [2.45, 2.75) is 52.1 Å². The Hall–Kier alpha value is -1.85. The van der Waals surface area contributed by atoms with Gasteiger partial charge in [0.15, 0.2) is 5.78 Å². The van der Waals surface area contributed by atoms with Crippen LogP contribution in [0.5, 0.6) is 0 Å². The number of ether oxygens (including phenoxy) is 2. The lowest BCUT2D eigenvalue weighted by atomic mass is 9.73. The molecule has 1 N–H and O–H groups in total. The molecule has 0 aliphatic heterocycles. The number of esters is 1. The molecule has 0 saturated heterocycles.